The quantitative estimate of drug-likeness (QED) is 0.830. The molecule has 1 unspecified atom stereocenters. The molecular formula is C13H16ClN3O2S. The lowest BCUT2D eigenvalue weighted by molar-refractivity contribution is 0.159. The van der Waals surface area contributed by atoms with Gasteiger partial charge in [-0.3, -0.25) is 0 Å². The molecule has 5 nitrogen and oxygen atoms in total. The minimum Gasteiger partial charge on any atom is -0.301 e. The number of rotatable bonds is 2. The first-order valence-electron chi connectivity index (χ1n) is 6.26. The Balaban J connectivity index is 2.38. The minimum absolute atomic E-state index is 0.00923. The highest BCUT2D eigenvalue weighted by Crippen LogP contribution is 2.27. The van der Waals surface area contributed by atoms with Crippen molar-refractivity contribution in [2.24, 2.45) is 0 Å². The summed E-state index contributed by atoms with van der Waals surface area (Å²) in [5, 5.41) is 9.05. The van der Waals surface area contributed by atoms with E-state index in [1.807, 2.05) is 20.0 Å². The number of likely N-dealkylation sites (N-methyl/N-ethyl adjacent to an activating group) is 1. The number of piperazine rings is 1. The molecule has 108 valence electrons. The maximum absolute atomic E-state index is 12.6. The molecule has 7 heteroatoms. The zero-order valence-electron chi connectivity index (χ0n) is 11.4. The Kier molecular flexibility index (Phi) is 4.35. The van der Waals surface area contributed by atoms with E-state index in [1.165, 1.54) is 22.5 Å². The van der Waals surface area contributed by atoms with Gasteiger partial charge in [-0.1, -0.05) is 11.6 Å². The van der Waals surface area contributed by atoms with Gasteiger partial charge in [-0.25, -0.2) is 8.42 Å². The fourth-order valence-electron chi connectivity index (χ4n) is 2.14. The fraction of sp³-hybridized carbons (Fsp3) is 0.462. The van der Waals surface area contributed by atoms with Crippen LogP contribution in [0, 0.1) is 11.3 Å². The lowest BCUT2D eigenvalue weighted by Crippen LogP contribution is -2.51. The Bertz CT molecular complexity index is 654. The molecule has 0 N–H and O–H groups in total. The summed E-state index contributed by atoms with van der Waals surface area (Å²) in [6, 6.07) is 6.38. The smallest absolute Gasteiger partial charge is 0.244 e. The highest BCUT2D eigenvalue weighted by atomic mass is 35.5. The van der Waals surface area contributed by atoms with Crippen LogP contribution in [0.15, 0.2) is 23.1 Å². The van der Waals surface area contributed by atoms with Crippen molar-refractivity contribution in [3.05, 3.63) is 28.8 Å². The summed E-state index contributed by atoms with van der Waals surface area (Å²) in [5.74, 6) is 0. The number of nitrogens with zero attached hydrogens (tertiary/aromatic N) is 3. The third kappa shape index (κ3) is 2.81. The van der Waals surface area contributed by atoms with E-state index in [0.29, 0.717) is 19.6 Å². The molecule has 1 heterocycles. The van der Waals surface area contributed by atoms with Crippen molar-refractivity contribution in [2.45, 2.75) is 17.9 Å². The third-order valence-corrected chi connectivity index (χ3v) is 5.95. The lowest BCUT2D eigenvalue weighted by Gasteiger charge is -2.36. The van der Waals surface area contributed by atoms with Crippen LogP contribution in [0.3, 0.4) is 0 Å². The average Bonchev–Trinajstić information content (AvgIpc) is 2.42. The normalized spacial score (nSPS) is 21.6. The van der Waals surface area contributed by atoms with Crippen molar-refractivity contribution >= 4 is 21.6 Å². The molecule has 2 rings (SSSR count). The Labute approximate surface area is 124 Å². The number of hydrogen-bond acceptors (Lipinski definition) is 4. The molecule has 1 fully saturated rings. The molecule has 1 atom stereocenters. The monoisotopic (exact) mass is 313 g/mol. The van der Waals surface area contributed by atoms with Crippen LogP contribution in [0.25, 0.3) is 0 Å². The van der Waals surface area contributed by atoms with Crippen molar-refractivity contribution in [1.29, 1.82) is 5.26 Å². The van der Waals surface area contributed by atoms with Gasteiger partial charge in [0, 0.05) is 25.7 Å². The van der Waals surface area contributed by atoms with Gasteiger partial charge < -0.3 is 4.90 Å². The Morgan fingerprint density at radius 3 is 2.70 bits per heavy atom. The molecule has 0 amide bonds. The molecule has 0 saturated carbocycles. The van der Waals surface area contributed by atoms with E-state index in [4.69, 9.17) is 16.9 Å². The highest BCUT2D eigenvalue weighted by molar-refractivity contribution is 7.89. The number of sulfonamides is 1. The third-order valence-electron chi connectivity index (χ3n) is 3.60. The molecule has 0 spiro atoms. The van der Waals surface area contributed by atoms with Crippen LogP contribution in [0.4, 0.5) is 0 Å². The molecule has 1 aliphatic rings. The second kappa shape index (κ2) is 5.70. The summed E-state index contributed by atoms with van der Waals surface area (Å²) in [5.41, 5.74) is 0.287. The number of benzene rings is 1. The summed E-state index contributed by atoms with van der Waals surface area (Å²) in [6.45, 7) is 3.51. The van der Waals surface area contributed by atoms with E-state index in [9.17, 15) is 8.42 Å². The zero-order chi connectivity index (χ0) is 14.9. The van der Waals surface area contributed by atoms with Gasteiger partial charge in [0.15, 0.2) is 0 Å². The van der Waals surface area contributed by atoms with Crippen LogP contribution >= 0.6 is 11.6 Å². The summed E-state index contributed by atoms with van der Waals surface area (Å²) in [4.78, 5) is 2.12. The van der Waals surface area contributed by atoms with Gasteiger partial charge >= 0.3 is 0 Å². The van der Waals surface area contributed by atoms with Crippen molar-refractivity contribution in [2.75, 3.05) is 26.7 Å². The van der Waals surface area contributed by atoms with Gasteiger partial charge in [-0.05, 0) is 32.2 Å². The van der Waals surface area contributed by atoms with Crippen LogP contribution in [0.1, 0.15) is 12.5 Å². The summed E-state index contributed by atoms with van der Waals surface area (Å²) < 4.78 is 26.7. The Morgan fingerprint density at radius 1 is 1.40 bits per heavy atom. The molecule has 1 aromatic rings. The Hall–Kier alpha value is -1.13. The van der Waals surface area contributed by atoms with Crippen LogP contribution in [0.2, 0.25) is 5.02 Å². The summed E-state index contributed by atoms with van der Waals surface area (Å²) in [6.07, 6.45) is 0. The van der Waals surface area contributed by atoms with E-state index >= 15 is 0 Å². The van der Waals surface area contributed by atoms with Gasteiger partial charge in [0.25, 0.3) is 0 Å². The van der Waals surface area contributed by atoms with E-state index < -0.39 is 10.0 Å². The number of nitriles is 1. The summed E-state index contributed by atoms with van der Waals surface area (Å²) >= 11 is 6.00. The molecule has 1 aliphatic heterocycles. The molecule has 0 bridgehead atoms. The maximum atomic E-state index is 12.6. The molecule has 1 aromatic carbocycles. The molecule has 0 radical (unpaired) electrons. The van der Waals surface area contributed by atoms with Crippen LogP contribution < -0.4 is 0 Å². The predicted molar refractivity (Wildman–Crippen MR) is 77.0 cm³/mol. The molecule has 0 aliphatic carbocycles. The van der Waals surface area contributed by atoms with Crippen LogP contribution in [0.5, 0.6) is 0 Å². The zero-order valence-corrected chi connectivity index (χ0v) is 12.9. The molecule has 20 heavy (non-hydrogen) atoms. The van der Waals surface area contributed by atoms with Crippen LogP contribution in [-0.4, -0.2) is 50.3 Å². The van der Waals surface area contributed by atoms with E-state index in [1.54, 1.807) is 0 Å². The van der Waals surface area contributed by atoms with Crippen molar-refractivity contribution in [1.82, 2.24) is 9.21 Å². The first-order chi connectivity index (χ1) is 9.36. The minimum atomic E-state index is -3.66. The first kappa shape index (κ1) is 15.3. The predicted octanol–water partition coefficient (Wildman–Crippen LogP) is 1.54. The molecule has 0 aromatic heterocycles. The van der Waals surface area contributed by atoms with E-state index in [2.05, 4.69) is 4.90 Å². The SMILES string of the molecule is CC1CN(S(=O)(=O)c2cc(C#N)ccc2Cl)CCN1C. The first-order valence-corrected chi connectivity index (χ1v) is 8.08. The average molecular weight is 314 g/mol. The van der Waals surface area contributed by atoms with Gasteiger partial charge in [0.05, 0.1) is 16.7 Å². The summed E-state index contributed by atoms with van der Waals surface area (Å²) in [7, 11) is -1.69. The van der Waals surface area contributed by atoms with Crippen molar-refractivity contribution in [3.8, 4) is 6.07 Å². The Morgan fingerprint density at radius 2 is 2.10 bits per heavy atom. The van der Waals surface area contributed by atoms with Crippen molar-refractivity contribution < 1.29 is 8.42 Å². The van der Waals surface area contributed by atoms with Gasteiger partial charge in [-0.15, -0.1) is 0 Å². The van der Waals surface area contributed by atoms with Gasteiger partial charge in [-0.2, -0.15) is 9.57 Å². The second-order valence-electron chi connectivity index (χ2n) is 4.95. The lowest BCUT2D eigenvalue weighted by atomic mass is 10.2. The van der Waals surface area contributed by atoms with Crippen molar-refractivity contribution in [3.63, 3.8) is 0 Å². The second-order valence-corrected chi connectivity index (χ2v) is 7.26. The van der Waals surface area contributed by atoms with Gasteiger partial charge in [0.1, 0.15) is 4.90 Å². The highest BCUT2D eigenvalue weighted by Gasteiger charge is 2.32. The number of hydrogen-bond donors (Lipinski definition) is 0. The fourth-order valence-corrected chi connectivity index (χ4v) is 4.16. The van der Waals surface area contributed by atoms with Crippen LogP contribution in [-0.2, 0) is 10.0 Å². The van der Waals surface area contributed by atoms with E-state index in [-0.39, 0.29) is 21.5 Å². The number of halogens is 1. The molecule has 1 saturated heterocycles. The maximum Gasteiger partial charge on any atom is 0.244 e. The van der Waals surface area contributed by atoms with Gasteiger partial charge in [0.2, 0.25) is 10.0 Å². The van der Waals surface area contributed by atoms with E-state index in [0.717, 1.165) is 0 Å². The topological polar surface area (TPSA) is 64.4 Å². The molecular weight excluding hydrogens is 298 g/mol. The standard InChI is InChI=1S/C13H16ClN3O2S/c1-10-9-17(6-5-16(10)2)20(18,19)13-7-11(8-15)3-4-12(13)14/h3-4,7,10H,5-6,9H2,1-2H3. The largest absolute Gasteiger partial charge is 0.301 e.